The quantitative estimate of drug-likeness (QED) is 0.777. The zero-order valence-electron chi connectivity index (χ0n) is 10.2. The van der Waals surface area contributed by atoms with Crippen LogP contribution >= 0.6 is 0 Å². The summed E-state index contributed by atoms with van der Waals surface area (Å²) in [6.45, 7) is 0.869. The topological polar surface area (TPSA) is 60.2 Å². The molecular formula is C14H13N3O2. The molecule has 0 saturated heterocycles. The zero-order valence-corrected chi connectivity index (χ0v) is 10.2. The van der Waals surface area contributed by atoms with Crippen molar-refractivity contribution in [1.29, 1.82) is 0 Å². The standard InChI is InChI=1S/C14H13N3O2/c18-14-13-12(15-9-16-14)6-7-17(13)10-19-8-11-4-2-1-3-5-11/h1-7,9H,8,10H2,(H,15,16,18). The van der Waals surface area contributed by atoms with Gasteiger partial charge in [-0.25, -0.2) is 9.97 Å². The van der Waals surface area contributed by atoms with E-state index in [0.29, 0.717) is 24.4 Å². The number of fused-ring (bicyclic) bond motifs is 1. The number of hydrogen-bond acceptors (Lipinski definition) is 4. The van der Waals surface area contributed by atoms with Gasteiger partial charge in [-0.1, -0.05) is 30.3 Å². The van der Waals surface area contributed by atoms with Crippen LogP contribution in [0.25, 0.3) is 11.0 Å². The van der Waals surface area contributed by atoms with E-state index in [2.05, 4.69) is 9.97 Å². The molecule has 0 spiro atoms. The number of ether oxygens (including phenoxy) is 1. The van der Waals surface area contributed by atoms with Gasteiger partial charge in [0.1, 0.15) is 18.6 Å². The van der Waals surface area contributed by atoms with E-state index in [1.54, 1.807) is 4.57 Å². The van der Waals surface area contributed by atoms with Gasteiger partial charge in [-0.3, -0.25) is 0 Å². The molecule has 5 nitrogen and oxygen atoms in total. The summed E-state index contributed by atoms with van der Waals surface area (Å²) in [6, 6.07) is 11.8. The Morgan fingerprint density at radius 2 is 1.95 bits per heavy atom. The maximum Gasteiger partial charge on any atom is 0.239 e. The number of aromatic hydroxyl groups is 1. The van der Waals surface area contributed by atoms with Crippen LogP contribution in [0.5, 0.6) is 5.88 Å². The molecule has 1 aromatic carbocycles. The summed E-state index contributed by atoms with van der Waals surface area (Å²) >= 11 is 0. The lowest BCUT2D eigenvalue weighted by molar-refractivity contribution is 0.0665. The number of hydrogen-bond donors (Lipinski definition) is 1. The predicted molar refractivity (Wildman–Crippen MR) is 70.4 cm³/mol. The Bertz CT molecular complexity index is 679. The molecule has 2 aromatic heterocycles. The van der Waals surface area contributed by atoms with Gasteiger partial charge in [-0.2, -0.15) is 0 Å². The summed E-state index contributed by atoms with van der Waals surface area (Å²) in [6.07, 6.45) is 3.16. The largest absolute Gasteiger partial charge is 0.492 e. The van der Waals surface area contributed by atoms with Crippen molar-refractivity contribution in [3.05, 3.63) is 54.5 Å². The van der Waals surface area contributed by atoms with Crippen molar-refractivity contribution >= 4 is 11.0 Å². The minimum atomic E-state index is -0.0293. The van der Waals surface area contributed by atoms with Crippen molar-refractivity contribution in [3.63, 3.8) is 0 Å². The van der Waals surface area contributed by atoms with Gasteiger partial charge in [-0.15, -0.1) is 0 Å². The predicted octanol–water partition coefficient (Wildman–Crippen LogP) is 2.31. The fourth-order valence-corrected chi connectivity index (χ4v) is 1.96. The van der Waals surface area contributed by atoms with E-state index >= 15 is 0 Å². The third-order valence-corrected chi connectivity index (χ3v) is 2.87. The summed E-state index contributed by atoms with van der Waals surface area (Å²) < 4.78 is 7.41. The van der Waals surface area contributed by atoms with E-state index in [1.807, 2.05) is 42.6 Å². The molecule has 19 heavy (non-hydrogen) atoms. The Balaban J connectivity index is 1.72. The van der Waals surface area contributed by atoms with Crippen LogP contribution in [0, 0.1) is 0 Å². The zero-order chi connectivity index (χ0) is 13.1. The Kier molecular flexibility index (Phi) is 3.12. The maximum atomic E-state index is 9.73. The van der Waals surface area contributed by atoms with Crippen LogP contribution in [0.4, 0.5) is 0 Å². The second kappa shape index (κ2) is 5.07. The van der Waals surface area contributed by atoms with Gasteiger partial charge in [-0.05, 0) is 11.6 Å². The van der Waals surface area contributed by atoms with Gasteiger partial charge in [0.15, 0.2) is 0 Å². The Morgan fingerprint density at radius 3 is 2.79 bits per heavy atom. The summed E-state index contributed by atoms with van der Waals surface area (Å²) in [5.41, 5.74) is 2.41. The SMILES string of the molecule is Oc1ncnc2ccn(COCc3ccccc3)c12. The van der Waals surface area contributed by atoms with Crippen LogP contribution in [0.15, 0.2) is 48.9 Å². The fraction of sp³-hybridized carbons (Fsp3) is 0.143. The highest BCUT2D eigenvalue weighted by Crippen LogP contribution is 2.21. The molecule has 3 aromatic rings. The maximum absolute atomic E-state index is 9.73. The Labute approximate surface area is 110 Å². The summed E-state index contributed by atoms with van der Waals surface area (Å²) in [5, 5.41) is 9.73. The van der Waals surface area contributed by atoms with Crippen LogP contribution in [0.1, 0.15) is 5.56 Å². The average Bonchev–Trinajstić information content (AvgIpc) is 2.85. The number of benzene rings is 1. The lowest BCUT2D eigenvalue weighted by atomic mass is 10.2. The number of nitrogens with zero attached hydrogens (tertiary/aromatic N) is 3. The molecule has 0 aliphatic rings. The molecule has 5 heteroatoms. The average molecular weight is 255 g/mol. The third-order valence-electron chi connectivity index (χ3n) is 2.87. The van der Waals surface area contributed by atoms with E-state index in [0.717, 1.165) is 5.56 Å². The minimum Gasteiger partial charge on any atom is -0.492 e. The van der Waals surface area contributed by atoms with Crippen molar-refractivity contribution in [2.75, 3.05) is 0 Å². The van der Waals surface area contributed by atoms with Crippen molar-refractivity contribution in [2.24, 2.45) is 0 Å². The van der Waals surface area contributed by atoms with Gasteiger partial charge < -0.3 is 14.4 Å². The van der Waals surface area contributed by atoms with E-state index in [1.165, 1.54) is 6.33 Å². The molecule has 0 atom stereocenters. The molecule has 96 valence electrons. The Morgan fingerprint density at radius 1 is 1.11 bits per heavy atom. The molecule has 0 amide bonds. The van der Waals surface area contributed by atoms with Crippen LogP contribution < -0.4 is 0 Å². The van der Waals surface area contributed by atoms with E-state index in [9.17, 15) is 5.11 Å². The highest BCUT2D eigenvalue weighted by atomic mass is 16.5. The first-order valence-electron chi connectivity index (χ1n) is 5.95. The Hall–Kier alpha value is -2.40. The third kappa shape index (κ3) is 2.41. The molecular weight excluding hydrogens is 242 g/mol. The van der Waals surface area contributed by atoms with Crippen molar-refractivity contribution < 1.29 is 9.84 Å². The molecule has 0 fully saturated rings. The van der Waals surface area contributed by atoms with E-state index < -0.39 is 0 Å². The van der Waals surface area contributed by atoms with Gasteiger partial charge in [0.25, 0.3) is 0 Å². The van der Waals surface area contributed by atoms with Crippen molar-refractivity contribution in [2.45, 2.75) is 13.3 Å². The monoisotopic (exact) mass is 255 g/mol. The summed E-state index contributed by atoms with van der Waals surface area (Å²) in [7, 11) is 0. The first-order chi connectivity index (χ1) is 9.34. The molecule has 2 heterocycles. The van der Waals surface area contributed by atoms with E-state index in [-0.39, 0.29) is 5.88 Å². The minimum absolute atomic E-state index is 0.0293. The molecule has 0 bridgehead atoms. The lowest BCUT2D eigenvalue weighted by Gasteiger charge is -2.07. The van der Waals surface area contributed by atoms with Gasteiger partial charge >= 0.3 is 0 Å². The van der Waals surface area contributed by atoms with Crippen molar-refractivity contribution in [3.8, 4) is 5.88 Å². The van der Waals surface area contributed by atoms with E-state index in [4.69, 9.17) is 4.74 Å². The van der Waals surface area contributed by atoms with Crippen LogP contribution in [0.2, 0.25) is 0 Å². The second-order valence-electron chi connectivity index (χ2n) is 4.18. The molecule has 0 aliphatic heterocycles. The lowest BCUT2D eigenvalue weighted by Crippen LogP contribution is -2.02. The molecule has 0 unspecified atom stereocenters. The van der Waals surface area contributed by atoms with Gasteiger partial charge in [0.05, 0.1) is 12.1 Å². The van der Waals surface area contributed by atoms with Gasteiger partial charge in [0, 0.05) is 6.20 Å². The van der Waals surface area contributed by atoms with Crippen LogP contribution in [-0.2, 0) is 18.1 Å². The molecule has 0 radical (unpaired) electrons. The normalized spacial score (nSPS) is 10.9. The first kappa shape index (κ1) is 11.7. The molecule has 0 aliphatic carbocycles. The molecule has 1 N–H and O–H groups in total. The smallest absolute Gasteiger partial charge is 0.239 e. The highest BCUT2D eigenvalue weighted by molar-refractivity contribution is 5.79. The summed E-state index contributed by atoms with van der Waals surface area (Å²) in [5.74, 6) is -0.0293. The first-order valence-corrected chi connectivity index (χ1v) is 5.95. The summed E-state index contributed by atoms with van der Waals surface area (Å²) in [4.78, 5) is 7.86. The second-order valence-corrected chi connectivity index (χ2v) is 4.18. The number of aromatic nitrogens is 3. The van der Waals surface area contributed by atoms with Crippen LogP contribution in [0.3, 0.4) is 0 Å². The van der Waals surface area contributed by atoms with Gasteiger partial charge in [0.2, 0.25) is 5.88 Å². The van der Waals surface area contributed by atoms with Crippen molar-refractivity contribution in [1.82, 2.24) is 14.5 Å². The fourth-order valence-electron chi connectivity index (χ4n) is 1.96. The highest BCUT2D eigenvalue weighted by Gasteiger charge is 2.07. The molecule has 3 rings (SSSR count). The molecule has 0 saturated carbocycles. The van der Waals surface area contributed by atoms with Crippen LogP contribution in [-0.4, -0.2) is 19.6 Å². The number of rotatable bonds is 4.